The third kappa shape index (κ3) is 3.05. The summed E-state index contributed by atoms with van der Waals surface area (Å²) in [5.74, 6) is -2.62. The summed E-state index contributed by atoms with van der Waals surface area (Å²) < 4.78 is 13.0. The lowest BCUT2D eigenvalue weighted by Crippen LogP contribution is -2.07. The highest BCUT2D eigenvalue weighted by Gasteiger charge is 2.18. The van der Waals surface area contributed by atoms with Crippen LogP contribution in [0, 0.1) is 0 Å². The van der Waals surface area contributed by atoms with Crippen molar-refractivity contribution >= 4 is 11.9 Å². The van der Waals surface area contributed by atoms with E-state index in [1.807, 2.05) is 0 Å². The van der Waals surface area contributed by atoms with E-state index in [1.165, 1.54) is 24.3 Å². The Balaban J connectivity index is 2.92. The van der Waals surface area contributed by atoms with Crippen LogP contribution in [0.25, 0.3) is 0 Å². The van der Waals surface area contributed by atoms with Gasteiger partial charge in [-0.3, -0.25) is 4.79 Å². The summed E-state index contributed by atoms with van der Waals surface area (Å²) in [5.41, 5.74) is 0.338. The van der Waals surface area contributed by atoms with Crippen molar-refractivity contribution in [2.75, 3.05) is 0 Å². The maximum absolute atomic E-state index is 13.0. The Kier molecular flexibility index (Phi) is 3.38. The molecule has 2 N–H and O–H groups in total. The quantitative estimate of drug-likeness (QED) is 0.791. The highest BCUT2D eigenvalue weighted by atomic mass is 19.1. The minimum Gasteiger partial charge on any atom is -0.481 e. The number of rotatable bonds is 4. The summed E-state index contributed by atoms with van der Waals surface area (Å²) in [6.07, 6.45) is -2.36. The first kappa shape index (κ1) is 11.2. The maximum atomic E-state index is 13.0. The van der Waals surface area contributed by atoms with Gasteiger partial charge in [0.05, 0.1) is 6.42 Å². The molecule has 0 saturated carbocycles. The lowest BCUT2D eigenvalue weighted by atomic mass is 10.1. The zero-order valence-corrected chi connectivity index (χ0v) is 7.68. The van der Waals surface area contributed by atoms with Gasteiger partial charge in [0.25, 0.3) is 0 Å². The summed E-state index contributed by atoms with van der Waals surface area (Å²) in [6, 6.07) is 5.49. The van der Waals surface area contributed by atoms with Crippen LogP contribution in [-0.2, 0) is 16.0 Å². The fraction of sp³-hybridized carbons (Fsp3) is 0.200. The van der Waals surface area contributed by atoms with Crippen LogP contribution in [0.4, 0.5) is 4.39 Å². The van der Waals surface area contributed by atoms with E-state index in [1.54, 1.807) is 0 Å². The normalized spacial score (nSPS) is 12.1. The van der Waals surface area contributed by atoms with E-state index >= 15 is 0 Å². The van der Waals surface area contributed by atoms with E-state index in [0.717, 1.165) is 0 Å². The van der Waals surface area contributed by atoms with Gasteiger partial charge >= 0.3 is 11.9 Å². The zero-order chi connectivity index (χ0) is 11.4. The molecule has 1 atom stereocenters. The highest BCUT2D eigenvalue weighted by Crippen LogP contribution is 2.18. The zero-order valence-electron chi connectivity index (χ0n) is 7.68. The summed E-state index contributed by atoms with van der Waals surface area (Å²) in [6.45, 7) is 0. The number of aliphatic carboxylic acids is 2. The molecule has 1 aromatic rings. The fourth-order valence-electron chi connectivity index (χ4n) is 1.18. The lowest BCUT2D eigenvalue weighted by Gasteiger charge is -2.04. The third-order valence-electron chi connectivity index (χ3n) is 1.82. The highest BCUT2D eigenvalue weighted by molar-refractivity contribution is 5.74. The molecule has 1 aromatic carbocycles. The average Bonchev–Trinajstić information content (AvgIpc) is 2.16. The summed E-state index contributed by atoms with van der Waals surface area (Å²) in [5, 5.41) is 16.9. The minimum absolute atomic E-state index is 0.0405. The largest absolute Gasteiger partial charge is 0.481 e. The Hall–Kier alpha value is -1.91. The Morgan fingerprint density at radius 1 is 1.33 bits per heavy atom. The van der Waals surface area contributed by atoms with Crippen LogP contribution in [0.15, 0.2) is 24.3 Å². The van der Waals surface area contributed by atoms with Gasteiger partial charge in [-0.2, -0.15) is 0 Å². The van der Waals surface area contributed by atoms with Crippen molar-refractivity contribution in [1.29, 1.82) is 0 Å². The van der Waals surface area contributed by atoms with Crippen molar-refractivity contribution in [3.05, 3.63) is 35.4 Å². The van der Waals surface area contributed by atoms with E-state index in [0.29, 0.717) is 5.56 Å². The summed E-state index contributed by atoms with van der Waals surface area (Å²) in [4.78, 5) is 20.7. The van der Waals surface area contributed by atoms with Crippen molar-refractivity contribution in [3.8, 4) is 0 Å². The van der Waals surface area contributed by atoms with Crippen molar-refractivity contribution in [3.63, 3.8) is 0 Å². The number of halogens is 1. The Bertz CT molecular complexity index is 389. The van der Waals surface area contributed by atoms with Crippen LogP contribution in [0.5, 0.6) is 0 Å². The number of carbonyl (C=O) groups is 2. The lowest BCUT2D eigenvalue weighted by molar-refractivity contribution is -0.143. The van der Waals surface area contributed by atoms with Gasteiger partial charge in [-0.15, -0.1) is 0 Å². The molecule has 0 saturated heterocycles. The van der Waals surface area contributed by atoms with Crippen molar-refractivity contribution in [2.45, 2.75) is 12.6 Å². The molecule has 0 aliphatic heterocycles. The van der Waals surface area contributed by atoms with Crippen molar-refractivity contribution < 1.29 is 24.2 Å². The molecule has 5 heteroatoms. The van der Waals surface area contributed by atoms with Gasteiger partial charge in [-0.25, -0.2) is 9.18 Å². The number of carboxylic acids is 2. The predicted molar refractivity (Wildman–Crippen MR) is 49.3 cm³/mol. The van der Waals surface area contributed by atoms with Crippen LogP contribution < -0.4 is 0 Å². The van der Waals surface area contributed by atoms with Crippen molar-refractivity contribution in [1.82, 2.24) is 0 Å². The van der Waals surface area contributed by atoms with E-state index in [4.69, 9.17) is 10.2 Å². The Labute approximate surface area is 85.0 Å². The van der Waals surface area contributed by atoms with Gasteiger partial charge in [-0.1, -0.05) is 24.3 Å². The van der Waals surface area contributed by atoms with Gasteiger partial charge < -0.3 is 10.2 Å². The molecule has 0 radical (unpaired) electrons. The van der Waals surface area contributed by atoms with Gasteiger partial charge in [0.1, 0.15) is 0 Å². The smallest absolute Gasteiger partial charge is 0.343 e. The molecule has 0 fully saturated rings. The fourth-order valence-corrected chi connectivity index (χ4v) is 1.18. The summed E-state index contributed by atoms with van der Waals surface area (Å²) >= 11 is 0. The van der Waals surface area contributed by atoms with Crippen LogP contribution in [0.3, 0.4) is 0 Å². The molecule has 0 amide bonds. The van der Waals surface area contributed by atoms with Crippen LogP contribution in [0.1, 0.15) is 17.3 Å². The third-order valence-corrected chi connectivity index (χ3v) is 1.82. The van der Waals surface area contributed by atoms with Crippen molar-refractivity contribution in [2.24, 2.45) is 0 Å². The molecule has 4 nitrogen and oxygen atoms in total. The molecule has 80 valence electrons. The molecular weight excluding hydrogens is 203 g/mol. The second kappa shape index (κ2) is 4.54. The van der Waals surface area contributed by atoms with Gasteiger partial charge in [0.15, 0.2) is 0 Å². The second-order valence-corrected chi connectivity index (χ2v) is 3.02. The topological polar surface area (TPSA) is 74.6 Å². The number of alkyl halides is 1. The van der Waals surface area contributed by atoms with Gasteiger partial charge in [0, 0.05) is 0 Å². The number of hydrogen-bond donors (Lipinski definition) is 2. The van der Waals surface area contributed by atoms with Crippen LogP contribution >= 0.6 is 0 Å². The van der Waals surface area contributed by atoms with Gasteiger partial charge in [0.2, 0.25) is 6.17 Å². The molecule has 0 bridgehead atoms. The first-order valence-electron chi connectivity index (χ1n) is 4.18. The monoisotopic (exact) mass is 212 g/mol. The first-order chi connectivity index (χ1) is 7.00. The van der Waals surface area contributed by atoms with E-state index in [-0.39, 0.29) is 12.0 Å². The molecule has 1 rings (SSSR count). The molecule has 0 spiro atoms. The minimum atomic E-state index is -2.11. The summed E-state index contributed by atoms with van der Waals surface area (Å²) in [7, 11) is 0. The van der Waals surface area contributed by atoms with Gasteiger partial charge in [-0.05, 0) is 11.1 Å². The molecule has 0 aliphatic rings. The number of carboxylic acid groups (broad SMARTS) is 2. The molecule has 0 aliphatic carbocycles. The Morgan fingerprint density at radius 3 is 2.53 bits per heavy atom. The van der Waals surface area contributed by atoms with E-state index in [9.17, 15) is 14.0 Å². The van der Waals surface area contributed by atoms with Crippen LogP contribution in [-0.4, -0.2) is 22.2 Å². The maximum Gasteiger partial charge on any atom is 0.343 e. The van der Waals surface area contributed by atoms with E-state index < -0.39 is 18.1 Å². The average molecular weight is 212 g/mol. The van der Waals surface area contributed by atoms with Crippen LogP contribution in [0.2, 0.25) is 0 Å². The molecule has 0 heterocycles. The number of hydrogen-bond acceptors (Lipinski definition) is 2. The Morgan fingerprint density at radius 2 is 2.00 bits per heavy atom. The van der Waals surface area contributed by atoms with E-state index in [2.05, 4.69) is 0 Å². The molecule has 15 heavy (non-hydrogen) atoms. The molecule has 1 unspecified atom stereocenters. The molecular formula is C10H9FO4. The standard InChI is InChI=1S/C10H9FO4/c11-9(10(14)15)7-3-1-2-6(4-7)5-8(12)13/h1-4,9H,5H2,(H,12,13)(H,14,15). The first-order valence-corrected chi connectivity index (χ1v) is 4.18. The molecule has 0 aromatic heterocycles. The number of benzene rings is 1. The SMILES string of the molecule is O=C(O)Cc1cccc(C(F)C(=O)O)c1. The predicted octanol–water partition coefficient (Wildman–Crippen LogP) is 1.41. The second-order valence-electron chi connectivity index (χ2n) is 3.02.